The van der Waals surface area contributed by atoms with Crippen molar-refractivity contribution in [2.45, 2.75) is 0 Å². The Labute approximate surface area is 208 Å². The average molecular weight is 461 g/mol. The lowest BCUT2D eigenvalue weighted by atomic mass is 9.87. The predicted molar refractivity (Wildman–Crippen MR) is 148 cm³/mol. The van der Waals surface area contributed by atoms with Gasteiger partial charge in [0.25, 0.3) is 0 Å². The lowest BCUT2D eigenvalue weighted by Gasteiger charge is -2.23. The van der Waals surface area contributed by atoms with E-state index in [-0.39, 0.29) is 0 Å². The Kier molecular flexibility index (Phi) is 3.97. The second kappa shape index (κ2) is 7.34. The monoisotopic (exact) mass is 460 g/mol. The number of benzene rings is 6. The molecular formula is C34H20O2. The van der Waals surface area contributed by atoms with Crippen LogP contribution in [0.3, 0.4) is 0 Å². The van der Waals surface area contributed by atoms with Gasteiger partial charge in [-0.2, -0.15) is 0 Å². The first kappa shape index (κ1) is 19.5. The van der Waals surface area contributed by atoms with Crippen LogP contribution in [0, 0.1) is 0 Å². The molecule has 0 unspecified atom stereocenters. The van der Waals surface area contributed by atoms with Gasteiger partial charge < -0.3 is 9.15 Å². The van der Waals surface area contributed by atoms with Crippen molar-refractivity contribution >= 4 is 32.7 Å². The summed E-state index contributed by atoms with van der Waals surface area (Å²) < 4.78 is 12.5. The molecule has 0 atom stereocenters. The number of furan rings is 1. The van der Waals surface area contributed by atoms with Crippen molar-refractivity contribution in [1.82, 2.24) is 0 Å². The van der Waals surface area contributed by atoms with Crippen molar-refractivity contribution in [2.24, 2.45) is 0 Å². The van der Waals surface area contributed by atoms with Crippen molar-refractivity contribution in [3.05, 3.63) is 121 Å². The first-order valence-electron chi connectivity index (χ1n) is 12.2. The lowest BCUT2D eigenvalue weighted by molar-refractivity contribution is 0.487. The highest BCUT2D eigenvalue weighted by Crippen LogP contribution is 2.49. The Bertz CT molecular complexity index is 1980. The summed E-state index contributed by atoms with van der Waals surface area (Å²) in [6.45, 7) is 0. The maximum absolute atomic E-state index is 6.34. The minimum atomic E-state index is 0.906. The van der Waals surface area contributed by atoms with Gasteiger partial charge in [0, 0.05) is 21.7 Å². The summed E-state index contributed by atoms with van der Waals surface area (Å²) >= 11 is 0. The van der Waals surface area contributed by atoms with E-state index in [1.54, 1.807) is 0 Å². The van der Waals surface area contributed by atoms with Gasteiger partial charge in [-0.05, 0) is 57.5 Å². The Morgan fingerprint density at radius 3 is 1.83 bits per heavy atom. The molecule has 0 amide bonds. The number of para-hydroxylation sites is 2. The van der Waals surface area contributed by atoms with Crippen LogP contribution >= 0.6 is 0 Å². The van der Waals surface area contributed by atoms with Crippen LogP contribution in [0.25, 0.3) is 66.1 Å². The number of hydrogen-bond donors (Lipinski definition) is 0. The Hall–Kier alpha value is -4.82. The summed E-state index contributed by atoms with van der Waals surface area (Å²) in [6.07, 6.45) is 0. The van der Waals surface area contributed by atoms with Gasteiger partial charge in [0.15, 0.2) is 0 Å². The van der Waals surface area contributed by atoms with Gasteiger partial charge in [0.05, 0.1) is 0 Å². The number of rotatable bonds is 2. The Morgan fingerprint density at radius 1 is 0.333 bits per heavy atom. The Morgan fingerprint density at radius 2 is 0.944 bits per heavy atom. The highest BCUT2D eigenvalue weighted by atomic mass is 16.5. The highest BCUT2D eigenvalue weighted by molar-refractivity contribution is 6.15. The van der Waals surface area contributed by atoms with Crippen molar-refractivity contribution in [1.29, 1.82) is 0 Å². The molecule has 2 nitrogen and oxygen atoms in total. The van der Waals surface area contributed by atoms with E-state index in [1.165, 1.54) is 33.2 Å². The topological polar surface area (TPSA) is 22.4 Å². The fourth-order valence-electron chi connectivity index (χ4n) is 5.77. The molecule has 0 aliphatic carbocycles. The third kappa shape index (κ3) is 2.67. The molecule has 7 aromatic rings. The van der Waals surface area contributed by atoms with Gasteiger partial charge in [0.2, 0.25) is 0 Å². The molecule has 0 bridgehead atoms. The molecule has 0 radical (unpaired) electrons. The van der Waals surface area contributed by atoms with Gasteiger partial charge in [0.1, 0.15) is 22.7 Å². The molecule has 36 heavy (non-hydrogen) atoms. The molecule has 2 heteroatoms. The molecule has 6 aromatic carbocycles. The van der Waals surface area contributed by atoms with Crippen LogP contribution in [-0.4, -0.2) is 0 Å². The summed E-state index contributed by atoms with van der Waals surface area (Å²) in [5.74, 6) is 1.81. The summed E-state index contributed by atoms with van der Waals surface area (Å²) in [7, 11) is 0. The lowest BCUT2D eigenvalue weighted by Crippen LogP contribution is -1.98. The summed E-state index contributed by atoms with van der Waals surface area (Å²) in [5, 5.41) is 4.65. The van der Waals surface area contributed by atoms with Gasteiger partial charge in [-0.3, -0.25) is 0 Å². The summed E-state index contributed by atoms with van der Waals surface area (Å²) in [6, 6.07) is 42.4. The largest absolute Gasteiger partial charge is 0.456 e. The van der Waals surface area contributed by atoms with E-state index in [4.69, 9.17) is 9.15 Å². The molecule has 0 fully saturated rings. The SMILES string of the molecule is c1ccc2c(c1)Oc1ccc(-c3ccccc3-c3cccc4oc5ccccc5c34)c3cccc-2c13. The second-order valence-corrected chi connectivity index (χ2v) is 9.26. The first-order valence-corrected chi connectivity index (χ1v) is 12.2. The van der Waals surface area contributed by atoms with E-state index in [1.807, 2.05) is 24.3 Å². The number of hydrogen-bond acceptors (Lipinski definition) is 2. The van der Waals surface area contributed by atoms with E-state index in [0.29, 0.717) is 0 Å². The van der Waals surface area contributed by atoms with Crippen LogP contribution in [-0.2, 0) is 0 Å². The zero-order valence-corrected chi connectivity index (χ0v) is 19.4. The highest BCUT2D eigenvalue weighted by Gasteiger charge is 2.22. The van der Waals surface area contributed by atoms with Crippen LogP contribution in [0.15, 0.2) is 126 Å². The fraction of sp³-hybridized carbons (Fsp3) is 0. The van der Waals surface area contributed by atoms with Crippen LogP contribution in [0.1, 0.15) is 0 Å². The third-order valence-corrected chi connectivity index (χ3v) is 7.31. The molecule has 8 rings (SSSR count). The molecule has 1 aliphatic heterocycles. The summed E-state index contributed by atoms with van der Waals surface area (Å²) in [5.41, 5.74) is 8.92. The zero-order valence-electron chi connectivity index (χ0n) is 19.4. The smallest absolute Gasteiger partial charge is 0.136 e. The maximum Gasteiger partial charge on any atom is 0.136 e. The molecule has 1 aromatic heterocycles. The number of fused-ring (bicyclic) bond motifs is 5. The standard InChI is InChI=1S/C34H20O2/c1-2-10-22(25-15-8-18-31-34(25)28-12-4-6-17-30(28)36-31)21(9-1)23-19-20-32-33-26(23)13-7-14-27(33)24-11-3-5-16-29(24)35-32/h1-20H. The van der Waals surface area contributed by atoms with Crippen LogP contribution in [0.5, 0.6) is 11.5 Å². The molecule has 2 heterocycles. The van der Waals surface area contributed by atoms with Crippen LogP contribution < -0.4 is 4.74 Å². The first-order chi connectivity index (χ1) is 17.9. The fourth-order valence-corrected chi connectivity index (χ4v) is 5.77. The molecule has 0 N–H and O–H groups in total. The normalized spacial score (nSPS) is 12.1. The van der Waals surface area contributed by atoms with Crippen molar-refractivity contribution < 1.29 is 9.15 Å². The van der Waals surface area contributed by atoms with Crippen LogP contribution in [0.2, 0.25) is 0 Å². The molecule has 1 aliphatic rings. The molecule has 0 saturated carbocycles. The van der Waals surface area contributed by atoms with Gasteiger partial charge >= 0.3 is 0 Å². The third-order valence-electron chi connectivity index (χ3n) is 7.31. The number of ether oxygens (including phenoxy) is 1. The van der Waals surface area contributed by atoms with E-state index < -0.39 is 0 Å². The van der Waals surface area contributed by atoms with E-state index in [9.17, 15) is 0 Å². The molecule has 0 saturated heterocycles. The van der Waals surface area contributed by atoms with Crippen molar-refractivity contribution in [3.63, 3.8) is 0 Å². The van der Waals surface area contributed by atoms with E-state index in [0.717, 1.165) is 44.4 Å². The molecule has 0 spiro atoms. The van der Waals surface area contributed by atoms with Crippen LogP contribution in [0.4, 0.5) is 0 Å². The molecule has 168 valence electrons. The second-order valence-electron chi connectivity index (χ2n) is 9.26. The predicted octanol–water partition coefficient (Wildman–Crippen LogP) is 9.85. The van der Waals surface area contributed by atoms with Gasteiger partial charge in [-0.15, -0.1) is 0 Å². The quantitative estimate of drug-likeness (QED) is 0.256. The maximum atomic E-state index is 6.34. The minimum Gasteiger partial charge on any atom is -0.456 e. The van der Waals surface area contributed by atoms with Crippen molar-refractivity contribution in [3.8, 4) is 44.9 Å². The molecular weight excluding hydrogens is 440 g/mol. The van der Waals surface area contributed by atoms with Gasteiger partial charge in [-0.25, -0.2) is 0 Å². The summed E-state index contributed by atoms with van der Waals surface area (Å²) in [4.78, 5) is 0. The minimum absolute atomic E-state index is 0.906. The van der Waals surface area contributed by atoms with Crippen molar-refractivity contribution in [2.75, 3.05) is 0 Å². The zero-order chi connectivity index (χ0) is 23.6. The van der Waals surface area contributed by atoms with E-state index in [2.05, 4.69) is 97.1 Å². The van der Waals surface area contributed by atoms with Gasteiger partial charge in [-0.1, -0.05) is 97.1 Å². The van der Waals surface area contributed by atoms with E-state index >= 15 is 0 Å². The average Bonchev–Trinajstić information content (AvgIpc) is 3.32. The Balaban J connectivity index is 1.43.